The van der Waals surface area contributed by atoms with Gasteiger partial charge in [-0.3, -0.25) is 0 Å². The molecule has 3 rings (SSSR count). The maximum absolute atomic E-state index is 5.76. The molecule has 0 bridgehead atoms. The second-order valence-electron chi connectivity index (χ2n) is 4.61. The van der Waals surface area contributed by atoms with Gasteiger partial charge in [-0.2, -0.15) is 0 Å². The van der Waals surface area contributed by atoms with Gasteiger partial charge >= 0.3 is 0 Å². The minimum absolute atomic E-state index is 0.109. The third-order valence-electron chi connectivity index (χ3n) is 3.16. The summed E-state index contributed by atoms with van der Waals surface area (Å²) in [6.07, 6.45) is 4.53. The fourth-order valence-corrected chi connectivity index (χ4v) is 2.13. The molecule has 0 saturated carbocycles. The first-order chi connectivity index (χ1) is 9.83. The van der Waals surface area contributed by atoms with Crippen LogP contribution in [0.1, 0.15) is 25.0 Å². The van der Waals surface area contributed by atoms with E-state index in [0.29, 0.717) is 18.1 Å². The van der Waals surface area contributed by atoms with Crippen LogP contribution in [0.4, 0.5) is 5.82 Å². The minimum Gasteiger partial charge on any atom is -0.383 e. The van der Waals surface area contributed by atoms with Gasteiger partial charge in [-0.05, 0) is 31.2 Å². The molecule has 2 aromatic rings. The fraction of sp³-hybridized carbons (Fsp3) is 0.429. The van der Waals surface area contributed by atoms with Crippen LogP contribution in [0, 0.1) is 11.8 Å². The molecule has 0 spiro atoms. The van der Waals surface area contributed by atoms with Gasteiger partial charge in [-0.25, -0.2) is 9.97 Å². The molecule has 6 heteroatoms. The van der Waals surface area contributed by atoms with Crippen LogP contribution >= 0.6 is 0 Å². The van der Waals surface area contributed by atoms with Gasteiger partial charge < -0.3 is 20.2 Å². The van der Waals surface area contributed by atoms with Crippen molar-refractivity contribution >= 4 is 16.9 Å². The number of rotatable bonds is 2. The number of H-pyrrole nitrogens is 1. The molecule has 20 heavy (non-hydrogen) atoms. The van der Waals surface area contributed by atoms with Crippen molar-refractivity contribution in [1.82, 2.24) is 15.0 Å². The Morgan fingerprint density at radius 1 is 1.45 bits per heavy atom. The van der Waals surface area contributed by atoms with Crippen LogP contribution in [0.3, 0.4) is 0 Å². The average molecular weight is 272 g/mol. The van der Waals surface area contributed by atoms with E-state index in [1.165, 1.54) is 6.33 Å². The highest BCUT2D eigenvalue weighted by atomic mass is 16.7. The lowest BCUT2D eigenvalue weighted by Crippen LogP contribution is -2.22. The number of nitrogen functional groups attached to an aromatic ring is 1. The zero-order valence-electron chi connectivity index (χ0n) is 11.1. The van der Waals surface area contributed by atoms with Gasteiger partial charge in [0.1, 0.15) is 24.4 Å². The summed E-state index contributed by atoms with van der Waals surface area (Å²) in [6, 6.07) is 1.84. The van der Waals surface area contributed by atoms with Crippen molar-refractivity contribution in [2.45, 2.75) is 25.6 Å². The molecule has 1 aliphatic rings. The van der Waals surface area contributed by atoms with Crippen LogP contribution in [0.15, 0.2) is 12.4 Å². The Labute approximate surface area is 116 Å². The number of anilines is 1. The monoisotopic (exact) mass is 272 g/mol. The summed E-state index contributed by atoms with van der Waals surface area (Å²) < 4.78 is 11.0. The van der Waals surface area contributed by atoms with E-state index in [4.69, 9.17) is 15.2 Å². The van der Waals surface area contributed by atoms with Gasteiger partial charge in [0, 0.05) is 6.61 Å². The number of nitrogens with one attached hydrogen (secondary N) is 1. The SMILES string of the molecule is Nc1ncnc2[nH]c(C#CCOC3CCCCO3)cc12. The van der Waals surface area contributed by atoms with Gasteiger partial charge in [-0.15, -0.1) is 0 Å². The van der Waals surface area contributed by atoms with Crippen molar-refractivity contribution in [2.75, 3.05) is 18.9 Å². The third-order valence-corrected chi connectivity index (χ3v) is 3.16. The molecule has 0 aliphatic carbocycles. The van der Waals surface area contributed by atoms with E-state index in [0.717, 1.165) is 36.9 Å². The Morgan fingerprint density at radius 2 is 2.40 bits per heavy atom. The maximum Gasteiger partial charge on any atom is 0.158 e. The molecule has 0 radical (unpaired) electrons. The highest BCUT2D eigenvalue weighted by Gasteiger charge is 2.12. The number of hydrogen-bond donors (Lipinski definition) is 2. The van der Waals surface area contributed by atoms with Gasteiger partial charge in [0.2, 0.25) is 0 Å². The van der Waals surface area contributed by atoms with Crippen LogP contribution in [-0.2, 0) is 9.47 Å². The molecule has 104 valence electrons. The zero-order chi connectivity index (χ0) is 13.8. The smallest absolute Gasteiger partial charge is 0.158 e. The predicted octanol–water partition coefficient (Wildman–Crippen LogP) is 1.43. The van der Waals surface area contributed by atoms with Crippen LogP contribution < -0.4 is 5.73 Å². The summed E-state index contributed by atoms with van der Waals surface area (Å²) in [7, 11) is 0. The molecule has 1 unspecified atom stereocenters. The molecule has 6 nitrogen and oxygen atoms in total. The lowest BCUT2D eigenvalue weighted by molar-refractivity contribution is -0.154. The first kappa shape index (κ1) is 12.9. The van der Waals surface area contributed by atoms with Crippen LogP contribution in [0.5, 0.6) is 0 Å². The van der Waals surface area contributed by atoms with Crippen molar-refractivity contribution in [3.8, 4) is 11.8 Å². The Bertz CT molecular complexity index is 650. The molecular weight excluding hydrogens is 256 g/mol. The topological polar surface area (TPSA) is 86.1 Å². The molecular formula is C14H16N4O2. The van der Waals surface area contributed by atoms with Crippen molar-refractivity contribution in [3.63, 3.8) is 0 Å². The summed E-state index contributed by atoms with van der Waals surface area (Å²) in [4.78, 5) is 11.1. The summed E-state index contributed by atoms with van der Waals surface area (Å²) in [5, 5.41) is 0.785. The number of aromatic nitrogens is 3. The zero-order valence-corrected chi connectivity index (χ0v) is 11.1. The molecule has 1 fully saturated rings. The quantitative estimate of drug-likeness (QED) is 0.808. The van der Waals surface area contributed by atoms with E-state index in [1.807, 2.05) is 6.07 Å². The largest absolute Gasteiger partial charge is 0.383 e. The molecule has 0 aromatic carbocycles. The molecule has 1 saturated heterocycles. The number of ether oxygens (including phenoxy) is 2. The van der Waals surface area contributed by atoms with E-state index in [9.17, 15) is 0 Å². The molecule has 0 amide bonds. The summed E-state index contributed by atoms with van der Waals surface area (Å²) in [5.41, 5.74) is 7.20. The molecule has 1 atom stereocenters. The summed E-state index contributed by atoms with van der Waals surface area (Å²) >= 11 is 0. The molecule has 2 aromatic heterocycles. The second-order valence-corrected chi connectivity index (χ2v) is 4.61. The van der Waals surface area contributed by atoms with E-state index >= 15 is 0 Å². The Balaban J connectivity index is 1.62. The van der Waals surface area contributed by atoms with Crippen molar-refractivity contribution < 1.29 is 9.47 Å². The Morgan fingerprint density at radius 3 is 3.20 bits per heavy atom. The van der Waals surface area contributed by atoms with E-state index < -0.39 is 0 Å². The molecule has 1 aliphatic heterocycles. The van der Waals surface area contributed by atoms with Crippen molar-refractivity contribution in [3.05, 3.63) is 18.1 Å². The predicted molar refractivity (Wildman–Crippen MR) is 74.7 cm³/mol. The van der Waals surface area contributed by atoms with Crippen molar-refractivity contribution in [2.24, 2.45) is 0 Å². The fourth-order valence-electron chi connectivity index (χ4n) is 2.13. The van der Waals surface area contributed by atoms with Crippen LogP contribution in [0.2, 0.25) is 0 Å². The van der Waals surface area contributed by atoms with Crippen molar-refractivity contribution in [1.29, 1.82) is 0 Å². The summed E-state index contributed by atoms with van der Waals surface area (Å²) in [6.45, 7) is 1.12. The van der Waals surface area contributed by atoms with Crippen LogP contribution in [-0.4, -0.2) is 34.5 Å². The van der Waals surface area contributed by atoms with Gasteiger partial charge in [0.05, 0.1) is 11.1 Å². The third kappa shape index (κ3) is 2.90. The first-order valence-corrected chi connectivity index (χ1v) is 6.64. The van der Waals surface area contributed by atoms with Gasteiger partial charge in [0.25, 0.3) is 0 Å². The van der Waals surface area contributed by atoms with Crippen LogP contribution in [0.25, 0.3) is 11.0 Å². The van der Waals surface area contributed by atoms with E-state index in [2.05, 4.69) is 26.8 Å². The highest BCUT2D eigenvalue weighted by Crippen LogP contribution is 2.16. The number of aromatic amines is 1. The van der Waals surface area contributed by atoms with E-state index in [1.54, 1.807) is 0 Å². The number of hydrogen-bond acceptors (Lipinski definition) is 5. The van der Waals surface area contributed by atoms with Gasteiger partial charge in [-0.1, -0.05) is 5.92 Å². The summed E-state index contributed by atoms with van der Waals surface area (Å²) in [5.74, 6) is 6.40. The highest BCUT2D eigenvalue weighted by molar-refractivity contribution is 5.87. The lowest BCUT2D eigenvalue weighted by Gasteiger charge is -2.21. The first-order valence-electron chi connectivity index (χ1n) is 6.64. The molecule has 3 heterocycles. The lowest BCUT2D eigenvalue weighted by atomic mass is 10.2. The van der Waals surface area contributed by atoms with E-state index in [-0.39, 0.29) is 6.29 Å². The second kappa shape index (κ2) is 5.90. The standard InChI is InChI=1S/C14H16N4O2/c15-13-11-8-10(18-14(11)17-9-16-13)4-3-7-20-12-5-1-2-6-19-12/h8-9,12H,1-2,5-7H2,(H3,15,16,17,18). The van der Waals surface area contributed by atoms with Gasteiger partial charge in [0.15, 0.2) is 6.29 Å². The minimum atomic E-state index is -0.109. The Hall–Kier alpha value is -2.10. The average Bonchev–Trinajstić information content (AvgIpc) is 2.89. The normalized spacial score (nSPS) is 18.7. The Kier molecular flexibility index (Phi) is 3.81. The number of nitrogens with zero attached hydrogens (tertiary/aromatic N) is 2. The molecule has 3 N–H and O–H groups in total. The number of fused-ring (bicyclic) bond motifs is 1. The number of nitrogens with two attached hydrogens (primary N) is 1. The maximum atomic E-state index is 5.76.